The first kappa shape index (κ1) is 14.1. The predicted molar refractivity (Wildman–Crippen MR) is 78.0 cm³/mol. The van der Waals surface area contributed by atoms with Crippen molar-refractivity contribution in [2.75, 3.05) is 13.2 Å². The van der Waals surface area contributed by atoms with E-state index in [1.165, 1.54) is 16.7 Å². The van der Waals surface area contributed by atoms with Crippen LogP contribution in [0.2, 0.25) is 0 Å². The Morgan fingerprint density at radius 2 is 2.26 bits per heavy atom. The zero-order valence-electron chi connectivity index (χ0n) is 12.2. The summed E-state index contributed by atoms with van der Waals surface area (Å²) in [5, 5.41) is 3.60. The molecule has 0 spiro atoms. The summed E-state index contributed by atoms with van der Waals surface area (Å²) in [6.07, 6.45) is 7.19. The molecule has 0 saturated carbocycles. The molecule has 0 bridgehead atoms. The number of aryl methyl sites for hydroxylation is 2. The number of hydrogen-bond acceptors (Lipinski definition) is 3. The van der Waals surface area contributed by atoms with Gasteiger partial charge in [0.2, 0.25) is 0 Å². The summed E-state index contributed by atoms with van der Waals surface area (Å²) >= 11 is 0. The van der Waals surface area contributed by atoms with Gasteiger partial charge in [0.1, 0.15) is 0 Å². The van der Waals surface area contributed by atoms with Crippen LogP contribution in [0.25, 0.3) is 0 Å². The van der Waals surface area contributed by atoms with Gasteiger partial charge in [0.25, 0.3) is 0 Å². The van der Waals surface area contributed by atoms with Gasteiger partial charge in [-0.15, -0.1) is 0 Å². The Morgan fingerprint density at radius 1 is 1.42 bits per heavy atom. The maximum atomic E-state index is 5.50. The highest BCUT2D eigenvalue weighted by atomic mass is 16.5. The summed E-state index contributed by atoms with van der Waals surface area (Å²) in [6.45, 7) is 8.24. The van der Waals surface area contributed by atoms with Crippen molar-refractivity contribution < 1.29 is 4.74 Å². The minimum atomic E-state index is 0.195. The lowest BCUT2D eigenvalue weighted by molar-refractivity contribution is 0.219. The molecule has 19 heavy (non-hydrogen) atoms. The van der Waals surface area contributed by atoms with Crippen LogP contribution in [0.1, 0.15) is 49.0 Å². The molecular weight excluding hydrogens is 236 g/mol. The molecule has 0 radical (unpaired) electrons. The molecule has 1 aliphatic heterocycles. The first-order valence-electron chi connectivity index (χ1n) is 7.19. The fraction of sp³-hybridized carbons (Fsp3) is 0.562. The van der Waals surface area contributed by atoms with Gasteiger partial charge in [-0.3, -0.25) is 4.98 Å². The Balaban J connectivity index is 2.27. The third-order valence-corrected chi connectivity index (χ3v) is 3.46. The van der Waals surface area contributed by atoms with E-state index in [2.05, 4.69) is 37.1 Å². The average molecular weight is 260 g/mol. The molecule has 1 unspecified atom stereocenters. The number of aromatic nitrogens is 1. The van der Waals surface area contributed by atoms with Crippen LogP contribution in [0.3, 0.4) is 0 Å². The van der Waals surface area contributed by atoms with Crippen molar-refractivity contribution in [3.63, 3.8) is 0 Å². The van der Waals surface area contributed by atoms with Crippen LogP contribution < -0.4 is 5.32 Å². The second kappa shape index (κ2) is 6.71. The monoisotopic (exact) mass is 260 g/mol. The minimum Gasteiger partial charge on any atom is -0.501 e. The molecule has 2 heterocycles. The van der Waals surface area contributed by atoms with Gasteiger partial charge in [0, 0.05) is 6.20 Å². The lowest BCUT2D eigenvalue weighted by Crippen LogP contribution is -2.27. The molecule has 3 nitrogen and oxygen atoms in total. The number of nitrogens with one attached hydrogen (secondary N) is 1. The molecule has 3 heteroatoms. The van der Waals surface area contributed by atoms with E-state index >= 15 is 0 Å². The number of hydrogen-bond donors (Lipinski definition) is 1. The zero-order valence-corrected chi connectivity index (χ0v) is 12.2. The van der Waals surface area contributed by atoms with E-state index in [1.807, 2.05) is 12.5 Å². The molecule has 1 aliphatic rings. The average Bonchev–Trinajstić information content (AvgIpc) is 2.42. The van der Waals surface area contributed by atoms with Crippen molar-refractivity contribution >= 4 is 0 Å². The SMILES string of the molecule is CCCNC(C1=COCCC1)c1ncc(C)cc1C. The first-order valence-corrected chi connectivity index (χ1v) is 7.19. The number of rotatable bonds is 5. The van der Waals surface area contributed by atoms with E-state index in [0.29, 0.717) is 0 Å². The van der Waals surface area contributed by atoms with E-state index < -0.39 is 0 Å². The minimum absolute atomic E-state index is 0.195. The molecule has 104 valence electrons. The zero-order chi connectivity index (χ0) is 13.7. The lowest BCUT2D eigenvalue weighted by atomic mass is 9.95. The van der Waals surface area contributed by atoms with Crippen molar-refractivity contribution in [1.29, 1.82) is 0 Å². The van der Waals surface area contributed by atoms with E-state index in [0.717, 1.165) is 38.1 Å². The fourth-order valence-electron chi connectivity index (χ4n) is 2.52. The second-order valence-electron chi connectivity index (χ2n) is 5.27. The standard InChI is InChI=1S/C16H24N2O/c1-4-7-17-16(14-6-5-8-19-11-14)15-13(3)9-12(2)10-18-15/h9-11,16-17H,4-8H2,1-3H3. The smallest absolute Gasteiger partial charge is 0.0876 e. The Labute approximate surface area is 116 Å². The maximum Gasteiger partial charge on any atom is 0.0876 e. The van der Waals surface area contributed by atoms with Gasteiger partial charge >= 0.3 is 0 Å². The molecule has 0 saturated heterocycles. The van der Waals surface area contributed by atoms with Crippen LogP contribution in [-0.4, -0.2) is 18.1 Å². The molecule has 1 atom stereocenters. The molecule has 1 aromatic rings. The van der Waals surface area contributed by atoms with Crippen molar-refractivity contribution in [3.8, 4) is 0 Å². The second-order valence-corrected chi connectivity index (χ2v) is 5.27. The van der Waals surface area contributed by atoms with Gasteiger partial charge in [0.15, 0.2) is 0 Å². The quantitative estimate of drug-likeness (QED) is 0.880. The van der Waals surface area contributed by atoms with Gasteiger partial charge in [-0.1, -0.05) is 13.0 Å². The number of pyridine rings is 1. The van der Waals surface area contributed by atoms with Crippen molar-refractivity contribution in [2.24, 2.45) is 0 Å². The Hall–Kier alpha value is -1.35. The highest BCUT2D eigenvalue weighted by Gasteiger charge is 2.21. The normalized spacial score (nSPS) is 16.7. The van der Waals surface area contributed by atoms with Gasteiger partial charge in [-0.2, -0.15) is 0 Å². The van der Waals surface area contributed by atoms with E-state index in [9.17, 15) is 0 Å². The van der Waals surface area contributed by atoms with Gasteiger partial charge in [-0.05, 0) is 56.4 Å². The van der Waals surface area contributed by atoms with Crippen LogP contribution in [0.5, 0.6) is 0 Å². The van der Waals surface area contributed by atoms with Crippen molar-refractivity contribution in [3.05, 3.63) is 40.9 Å². The molecule has 1 N–H and O–H groups in total. The Morgan fingerprint density at radius 3 is 2.89 bits per heavy atom. The molecule has 0 amide bonds. The van der Waals surface area contributed by atoms with E-state index in [4.69, 9.17) is 4.74 Å². The maximum absolute atomic E-state index is 5.50. The van der Waals surface area contributed by atoms with Gasteiger partial charge < -0.3 is 10.1 Å². The largest absolute Gasteiger partial charge is 0.501 e. The summed E-state index contributed by atoms with van der Waals surface area (Å²) in [7, 11) is 0. The van der Waals surface area contributed by atoms with Crippen LogP contribution >= 0.6 is 0 Å². The summed E-state index contributed by atoms with van der Waals surface area (Å²) in [6, 6.07) is 2.40. The van der Waals surface area contributed by atoms with Crippen molar-refractivity contribution in [1.82, 2.24) is 10.3 Å². The van der Waals surface area contributed by atoms with Crippen LogP contribution in [0.15, 0.2) is 24.1 Å². The van der Waals surface area contributed by atoms with E-state index in [-0.39, 0.29) is 6.04 Å². The fourth-order valence-corrected chi connectivity index (χ4v) is 2.52. The third kappa shape index (κ3) is 3.57. The van der Waals surface area contributed by atoms with Crippen LogP contribution in [0, 0.1) is 13.8 Å². The van der Waals surface area contributed by atoms with Gasteiger partial charge in [0.05, 0.1) is 24.6 Å². The summed E-state index contributed by atoms with van der Waals surface area (Å²) in [4.78, 5) is 4.65. The van der Waals surface area contributed by atoms with Gasteiger partial charge in [-0.25, -0.2) is 0 Å². The molecular formula is C16H24N2O. The molecule has 0 fully saturated rings. The first-order chi connectivity index (χ1) is 9.22. The van der Waals surface area contributed by atoms with Crippen molar-refractivity contribution in [2.45, 2.75) is 46.1 Å². The Kier molecular flexibility index (Phi) is 4.97. The van der Waals surface area contributed by atoms with E-state index in [1.54, 1.807) is 0 Å². The molecule has 1 aromatic heterocycles. The van der Waals surface area contributed by atoms with Crippen LogP contribution in [0.4, 0.5) is 0 Å². The highest BCUT2D eigenvalue weighted by molar-refractivity contribution is 5.31. The van der Waals surface area contributed by atoms with Crippen LogP contribution in [-0.2, 0) is 4.74 Å². The molecule has 0 aromatic carbocycles. The molecule has 2 rings (SSSR count). The summed E-state index contributed by atoms with van der Waals surface area (Å²) in [5.41, 5.74) is 4.92. The number of nitrogens with zero attached hydrogens (tertiary/aromatic N) is 1. The summed E-state index contributed by atoms with van der Waals surface area (Å²) < 4.78 is 5.50. The third-order valence-electron chi connectivity index (χ3n) is 3.46. The topological polar surface area (TPSA) is 34.1 Å². The number of ether oxygens (including phenoxy) is 1. The highest BCUT2D eigenvalue weighted by Crippen LogP contribution is 2.28. The lowest BCUT2D eigenvalue weighted by Gasteiger charge is -2.25. The molecule has 0 aliphatic carbocycles. The predicted octanol–water partition coefficient (Wildman–Crippen LogP) is 3.43. The summed E-state index contributed by atoms with van der Waals surface area (Å²) in [5.74, 6) is 0. The Bertz CT molecular complexity index is 454.